The van der Waals surface area contributed by atoms with Crippen LogP contribution in [-0.4, -0.2) is 16.0 Å². The molecule has 0 saturated carbocycles. The van der Waals surface area contributed by atoms with Crippen molar-refractivity contribution in [3.05, 3.63) is 86.7 Å². The fourth-order valence-electron chi connectivity index (χ4n) is 3.51. The van der Waals surface area contributed by atoms with E-state index >= 15 is 0 Å². The van der Waals surface area contributed by atoms with Gasteiger partial charge in [0.25, 0.3) is 5.91 Å². The largest absolute Gasteiger partial charge is 0.450 e. The minimum absolute atomic E-state index is 0.0118. The van der Waals surface area contributed by atoms with Crippen molar-refractivity contribution in [2.24, 2.45) is 0 Å². The summed E-state index contributed by atoms with van der Waals surface area (Å²) in [6.45, 7) is 1.73. The predicted octanol–water partition coefficient (Wildman–Crippen LogP) is 3.89. The van der Waals surface area contributed by atoms with Crippen LogP contribution in [0, 0.1) is 6.92 Å². The summed E-state index contributed by atoms with van der Waals surface area (Å²) in [5.74, 6) is 0.377. The average Bonchev–Trinajstić information content (AvgIpc) is 3.24. The van der Waals surface area contributed by atoms with E-state index < -0.39 is 11.9 Å². The first-order valence-corrected chi connectivity index (χ1v) is 8.85. The molecule has 0 radical (unpaired) electrons. The maximum Gasteiger partial charge on any atom is 0.296 e. The number of carbonyl (C=O) groups is 1. The molecule has 0 fully saturated rings. The van der Waals surface area contributed by atoms with Gasteiger partial charge in [-0.15, -0.1) is 0 Å². The van der Waals surface area contributed by atoms with Gasteiger partial charge < -0.3 is 8.94 Å². The van der Waals surface area contributed by atoms with Crippen molar-refractivity contribution >= 4 is 34.3 Å². The number of pyridine rings is 1. The number of nitrogens with zero attached hydrogens (tertiary/aromatic N) is 3. The molecule has 0 bridgehead atoms. The molecule has 138 valence electrons. The molecular weight excluding hydrogens is 382 g/mol. The predicted molar refractivity (Wildman–Crippen MR) is 102 cm³/mol. The highest BCUT2D eigenvalue weighted by atomic mass is 35.5. The standard InChI is InChI=1S/C20H12ClN3O4/c1-10-8-15(23-28-10)24-17(11-4-6-22-7-5-11)16-18(25)13-9-12(21)2-3-14(13)27-19(16)20(24)26/h2-9,17H,1H3/t17-/m1/s1. The highest BCUT2D eigenvalue weighted by molar-refractivity contribution is 6.31. The first kappa shape index (κ1) is 16.7. The van der Waals surface area contributed by atoms with Crippen LogP contribution in [0.1, 0.15) is 33.5 Å². The van der Waals surface area contributed by atoms with Gasteiger partial charge in [0.15, 0.2) is 11.2 Å². The number of hydrogen-bond donors (Lipinski definition) is 0. The molecule has 4 aromatic rings. The number of fused-ring (bicyclic) bond motifs is 2. The van der Waals surface area contributed by atoms with Gasteiger partial charge in [0.2, 0.25) is 5.76 Å². The Morgan fingerprint density at radius 2 is 1.89 bits per heavy atom. The van der Waals surface area contributed by atoms with Crippen LogP contribution in [0.25, 0.3) is 11.0 Å². The van der Waals surface area contributed by atoms with Gasteiger partial charge in [-0.2, -0.15) is 0 Å². The maximum atomic E-state index is 13.3. The Bertz CT molecular complexity index is 1300. The average molecular weight is 394 g/mol. The van der Waals surface area contributed by atoms with E-state index in [1.165, 1.54) is 4.90 Å². The lowest BCUT2D eigenvalue weighted by Crippen LogP contribution is -2.29. The zero-order chi connectivity index (χ0) is 19.4. The number of anilines is 1. The van der Waals surface area contributed by atoms with E-state index in [2.05, 4.69) is 10.1 Å². The minimum atomic E-state index is -0.713. The molecule has 1 aliphatic rings. The van der Waals surface area contributed by atoms with E-state index in [4.69, 9.17) is 20.5 Å². The Morgan fingerprint density at radius 3 is 2.61 bits per heavy atom. The van der Waals surface area contributed by atoms with E-state index in [0.717, 1.165) is 0 Å². The number of aryl methyl sites for hydroxylation is 1. The Morgan fingerprint density at radius 1 is 1.11 bits per heavy atom. The molecule has 0 aliphatic carbocycles. The van der Waals surface area contributed by atoms with Crippen molar-refractivity contribution in [1.82, 2.24) is 10.1 Å². The molecule has 1 atom stereocenters. The van der Waals surface area contributed by atoms with Crippen LogP contribution in [0.3, 0.4) is 0 Å². The molecular formula is C20H12ClN3O4. The first-order valence-electron chi connectivity index (χ1n) is 8.47. The van der Waals surface area contributed by atoms with Crippen molar-refractivity contribution in [1.29, 1.82) is 0 Å². The fourth-order valence-corrected chi connectivity index (χ4v) is 3.68. The Balaban J connectivity index is 1.84. The van der Waals surface area contributed by atoms with Crippen molar-refractivity contribution < 1.29 is 13.7 Å². The molecule has 28 heavy (non-hydrogen) atoms. The molecule has 1 amide bonds. The van der Waals surface area contributed by atoms with E-state index in [1.807, 2.05) is 0 Å². The van der Waals surface area contributed by atoms with Gasteiger partial charge >= 0.3 is 0 Å². The van der Waals surface area contributed by atoms with Gasteiger partial charge in [0.1, 0.15) is 11.3 Å². The fraction of sp³-hybridized carbons (Fsp3) is 0.100. The second-order valence-electron chi connectivity index (χ2n) is 6.47. The summed E-state index contributed by atoms with van der Waals surface area (Å²) in [5.41, 5.74) is 0.938. The van der Waals surface area contributed by atoms with E-state index in [-0.39, 0.29) is 16.8 Å². The summed E-state index contributed by atoms with van der Waals surface area (Å²) < 4.78 is 11.0. The van der Waals surface area contributed by atoms with Gasteiger partial charge in [-0.1, -0.05) is 16.8 Å². The lowest BCUT2D eigenvalue weighted by Gasteiger charge is -2.22. The van der Waals surface area contributed by atoms with E-state index in [0.29, 0.717) is 33.1 Å². The van der Waals surface area contributed by atoms with Crippen LogP contribution in [0.2, 0.25) is 5.02 Å². The zero-order valence-electron chi connectivity index (χ0n) is 14.5. The summed E-state index contributed by atoms with van der Waals surface area (Å²) in [6, 6.07) is 9.14. The topological polar surface area (TPSA) is 89.4 Å². The summed E-state index contributed by atoms with van der Waals surface area (Å²) >= 11 is 6.06. The van der Waals surface area contributed by atoms with Crippen LogP contribution >= 0.6 is 11.6 Å². The number of halogens is 1. The Labute approximate surface area is 163 Å². The molecule has 1 aliphatic heterocycles. The molecule has 0 saturated heterocycles. The van der Waals surface area contributed by atoms with Gasteiger partial charge in [0, 0.05) is 23.5 Å². The number of rotatable bonds is 2. The molecule has 0 unspecified atom stereocenters. The van der Waals surface area contributed by atoms with Crippen molar-refractivity contribution in [2.45, 2.75) is 13.0 Å². The van der Waals surface area contributed by atoms with Crippen molar-refractivity contribution in [3.8, 4) is 0 Å². The normalized spacial score (nSPS) is 16.0. The number of aromatic nitrogens is 2. The third-order valence-electron chi connectivity index (χ3n) is 4.72. The molecule has 8 heteroatoms. The molecule has 0 N–H and O–H groups in total. The third-order valence-corrected chi connectivity index (χ3v) is 4.95. The molecule has 0 spiro atoms. The monoisotopic (exact) mass is 393 g/mol. The lowest BCUT2D eigenvalue weighted by molar-refractivity contribution is 0.0969. The van der Waals surface area contributed by atoms with Gasteiger partial charge in [0.05, 0.1) is 17.0 Å². The lowest BCUT2D eigenvalue weighted by atomic mass is 9.99. The number of hydrogen-bond acceptors (Lipinski definition) is 6. The van der Waals surface area contributed by atoms with E-state index in [9.17, 15) is 9.59 Å². The number of amides is 1. The summed E-state index contributed by atoms with van der Waals surface area (Å²) in [7, 11) is 0. The highest BCUT2D eigenvalue weighted by Crippen LogP contribution is 2.40. The third kappa shape index (κ3) is 2.36. The quantitative estimate of drug-likeness (QED) is 0.513. The maximum absolute atomic E-state index is 13.3. The van der Waals surface area contributed by atoms with Crippen LogP contribution in [0.15, 0.2) is 62.5 Å². The highest BCUT2D eigenvalue weighted by Gasteiger charge is 2.44. The van der Waals surface area contributed by atoms with Gasteiger partial charge in [-0.3, -0.25) is 19.5 Å². The summed E-state index contributed by atoms with van der Waals surface area (Å²) in [6.07, 6.45) is 3.20. The zero-order valence-corrected chi connectivity index (χ0v) is 15.3. The summed E-state index contributed by atoms with van der Waals surface area (Å²) in [4.78, 5) is 32.0. The minimum Gasteiger partial charge on any atom is -0.450 e. The molecule has 1 aromatic carbocycles. The molecule has 3 aromatic heterocycles. The van der Waals surface area contributed by atoms with Crippen molar-refractivity contribution in [3.63, 3.8) is 0 Å². The van der Waals surface area contributed by atoms with Crippen molar-refractivity contribution in [2.75, 3.05) is 4.90 Å². The Kier molecular flexibility index (Phi) is 3.60. The van der Waals surface area contributed by atoms with Gasteiger partial charge in [-0.25, -0.2) is 0 Å². The van der Waals surface area contributed by atoms with Crippen LogP contribution in [0.5, 0.6) is 0 Å². The molecule has 7 nitrogen and oxygen atoms in total. The van der Waals surface area contributed by atoms with Crippen LogP contribution < -0.4 is 10.3 Å². The van der Waals surface area contributed by atoms with E-state index in [1.54, 1.807) is 55.7 Å². The van der Waals surface area contributed by atoms with Gasteiger partial charge in [-0.05, 0) is 42.8 Å². The molecule has 5 rings (SSSR count). The Hall–Kier alpha value is -3.45. The summed E-state index contributed by atoms with van der Waals surface area (Å²) in [5, 5.41) is 4.70. The van der Waals surface area contributed by atoms with Crippen LogP contribution in [-0.2, 0) is 0 Å². The second kappa shape index (κ2) is 6.03. The molecule has 4 heterocycles. The first-order chi connectivity index (χ1) is 13.5. The van der Waals surface area contributed by atoms with Crippen LogP contribution in [0.4, 0.5) is 5.82 Å². The number of carbonyl (C=O) groups excluding carboxylic acids is 1. The second-order valence-corrected chi connectivity index (χ2v) is 6.90. The SMILES string of the molecule is Cc1cc(N2C(=O)c3oc4ccc(Cl)cc4c(=O)c3[C@H]2c2ccncc2)no1. The number of benzene rings is 1. The smallest absolute Gasteiger partial charge is 0.296 e.